The lowest BCUT2D eigenvalue weighted by molar-refractivity contribution is -0.155. The molecule has 1 N–H and O–H groups in total. The Morgan fingerprint density at radius 2 is 1.88 bits per heavy atom. The molecule has 1 aliphatic carbocycles. The molecule has 4 nitrogen and oxygen atoms in total. The number of esters is 1. The molecule has 2 rings (SSSR count). The van der Waals surface area contributed by atoms with Gasteiger partial charge in [0.2, 0.25) is 0 Å². The lowest BCUT2D eigenvalue weighted by atomic mass is 10.0. The molecular weight excluding hydrogens is 218 g/mol. The van der Waals surface area contributed by atoms with Crippen molar-refractivity contribution in [3.63, 3.8) is 0 Å². The fourth-order valence-electron chi connectivity index (χ4n) is 2.68. The van der Waals surface area contributed by atoms with Crippen LogP contribution in [0.4, 0.5) is 0 Å². The smallest absolute Gasteiger partial charge is 0.313 e. The number of hydrogen-bond acceptors (Lipinski definition) is 4. The van der Waals surface area contributed by atoms with Gasteiger partial charge in [-0.15, -0.1) is 0 Å². The second kappa shape index (κ2) is 6.36. The third kappa shape index (κ3) is 3.42. The van der Waals surface area contributed by atoms with E-state index in [0.29, 0.717) is 13.2 Å². The zero-order valence-electron chi connectivity index (χ0n) is 10.6. The Balaban J connectivity index is 1.82. The fourth-order valence-corrected chi connectivity index (χ4v) is 2.68. The predicted molar refractivity (Wildman–Crippen MR) is 64.7 cm³/mol. The molecule has 4 heteroatoms. The van der Waals surface area contributed by atoms with Gasteiger partial charge < -0.3 is 14.8 Å². The van der Waals surface area contributed by atoms with E-state index in [-0.39, 0.29) is 24.0 Å². The number of ether oxygens (including phenoxy) is 2. The molecule has 0 bridgehead atoms. The van der Waals surface area contributed by atoms with Crippen molar-refractivity contribution in [1.29, 1.82) is 0 Å². The first-order valence-electron chi connectivity index (χ1n) is 6.76. The van der Waals surface area contributed by atoms with Crippen molar-refractivity contribution in [2.75, 3.05) is 20.3 Å². The summed E-state index contributed by atoms with van der Waals surface area (Å²) in [6.45, 7) is 1.11. The molecule has 2 aliphatic rings. The van der Waals surface area contributed by atoms with E-state index in [2.05, 4.69) is 5.32 Å². The molecule has 0 radical (unpaired) electrons. The largest absolute Gasteiger partial charge is 0.462 e. The highest BCUT2D eigenvalue weighted by Gasteiger charge is 2.35. The van der Waals surface area contributed by atoms with Crippen LogP contribution in [0.3, 0.4) is 0 Å². The Kier molecular flexibility index (Phi) is 4.80. The van der Waals surface area contributed by atoms with Crippen molar-refractivity contribution in [3.05, 3.63) is 0 Å². The number of nitrogens with one attached hydrogen (secondary N) is 1. The highest BCUT2D eigenvalue weighted by molar-refractivity contribution is 5.74. The number of hydrogen-bond donors (Lipinski definition) is 1. The highest BCUT2D eigenvalue weighted by atomic mass is 16.5. The first-order valence-corrected chi connectivity index (χ1v) is 6.76. The lowest BCUT2D eigenvalue weighted by Crippen LogP contribution is -2.39. The molecule has 1 saturated carbocycles. The average Bonchev–Trinajstić information content (AvgIpc) is 2.68. The molecule has 98 valence electrons. The Hall–Kier alpha value is -0.610. The van der Waals surface area contributed by atoms with Crippen LogP contribution in [0.5, 0.6) is 0 Å². The average molecular weight is 241 g/mol. The minimum atomic E-state index is -0.122. The summed E-state index contributed by atoms with van der Waals surface area (Å²) in [5.74, 6) is -0.197. The summed E-state index contributed by atoms with van der Waals surface area (Å²) in [5.41, 5.74) is 0. The number of likely N-dealkylation sites (N-methyl/N-ethyl adjacent to an activating group) is 1. The number of carbonyl (C=O) groups excluding carboxylic acids is 1. The van der Waals surface area contributed by atoms with Gasteiger partial charge in [-0.05, 0) is 32.7 Å². The van der Waals surface area contributed by atoms with Gasteiger partial charge in [-0.25, -0.2) is 0 Å². The van der Waals surface area contributed by atoms with Crippen molar-refractivity contribution in [3.8, 4) is 0 Å². The van der Waals surface area contributed by atoms with Gasteiger partial charge in [0.25, 0.3) is 0 Å². The fraction of sp³-hybridized carbons (Fsp3) is 0.923. The van der Waals surface area contributed by atoms with E-state index >= 15 is 0 Å². The van der Waals surface area contributed by atoms with Crippen molar-refractivity contribution < 1.29 is 14.3 Å². The Morgan fingerprint density at radius 1 is 1.18 bits per heavy atom. The number of rotatable bonds is 3. The van der Waals surface area contributed by atoms with Crippen LogP contribution < -0.4 is 5.32 Å². The van der Waals surface area contributed by atoms with Gasteiger partial charge in [0.15, 0.2) is 0 Å². The summed E-state index contributed by atoms with van der Waals surface area (Å²) >= 11 is 0. The van der Waals surface area contributed by atoms with Crippen LogP contribution in [0.2, 0.25) is 0 Å². The second-order valence-electron chi connectivity index (χ2n) is 5.09. The van der Waals surface area contributed by atoms with E-state index in [1.165, 1.54) is 25.7 Å². The van der Waals surface area contributed by atoms with Gasteiger partial charge in [0.05, 0.1) is 19.1 Å². The molecule has 0 aromatic heterocycles. The minimum absolute atomic E-state index is 0.0752. The maximum absolute atomic E-state index is 12.1. The van der Waals surface area contributed by atoms with Gasteiger partial charge in [0.1, 0.15) is 6.10 Å². The standard InChI is InChI=1S/C13H23NO3/c1-14-12-9-16-8-11(12)13(15)17-10-6-4-2-3-5-7-10/h10-12,14H,2-9H2,1H3. The third-order valence-corrected chi connectivity index (χ3v) is 3.84. The summed E-state index contributed by atoms with van der Waals surface area (Å²) in [7, 11) is 1.87. The highest BCUT2D eigenvalue weighted by Crippen LogP contribution is 2.22. The Labute approximate surface area is 103 Å². The summed E-state index contributed by atoms with van der Waals surface area (Å²) < 4.78 is 11.0. The lowest BCUT2D eigenvalue weighted by Gasteiger charge is -2.20. The predicted octanol–water partition coefficient (Wildman–Crippen LogP) is 1.49. The van der Waals surface area contributed by atoms with Gasteiger partial charge in [-0.1, -0.05) is 12.8 Å². The molecule has 0 spiro atoms. The third-order valence-electron chi connectivity index (χ3n) is 3.84. The van der Waals surface area contributed by atoms with Crippen LogP contribution in [-0.4, -0.2) is 38.4 Å². The molecule has 17 heavy (non-hydrogen) atoms. The Bertz CT molecular complexity index is 249. The van der Waals surface area contributed by atoms with Crippen molar-refractivity contribution >= 4 is 5.97 Å². The normalized spacial score (nSPS) is 31.1. The topological polar surface area (TPSA) is 47.6 Å². The molecule has 1 heterocycles. The van der Waals surface area contributed by atoms with E-state index < -0.39 is 0 Å². The monoisotopic (exact) mass is 241 g/mol. The maximum Gasteiger partial charge on any atom is 0.313 e. The van der Waals surface area contributed by atoms with Crippen molar-refractivity contribution in [2.45, 2.75) is 50.7 Å². The molecule has 2 fully saturated rings. The van der Waals surface area contributed by atoms with E-state index in [9.17, 15) is 4.79 Å². The van der Waals surface area contributed by atoms with Gasteiger partial charge in [0, 0.05) is 6.04 Å². The SMILES string of the molecule is CNC1COCC1C(=O)OC1CCCCCC1. The first-order chi connectivity index (χ1) is 8.31. The molecule has 0 amide bonds. The summed E-state index contributed by atoms with van der Waals surface area (Å²) in [6.07, 6.45) is 7.14. The molecule has 2 unspecified atom stereocenters. The summed E-state index contributed by atoms with van der Waals surface area (Å²) in [6, 6.07) is 0.119. The summed E-state index contributed by atoms with van der Waals surface area (Å²) in [4.78, 5) is 12.1. The molecule has 1 aliphatic heterocycles. The summed E-state index contributed by atoms with van der Waals surface area (Å²) in [5, 5.41) is 3.12. The maximum atomic E-state index is 12.1. The van der Waals surface area contributed by atoms with Gasteiger partial charge >= 0.3 is 5.97 Å². The van der Waals surface area contributed by atoms with Gasteiger partial charge in [-0.3, -0.25) is 4.79 Å². The van der Waals surface area contributed by atoms with Crippen molar-refractivity contribution in [2.24, 2.45) is 5.92 Å². The quantitative estimate of drug-likeness (QED) is 0.600. The van der Waals surface area contributed by atoms with E-state index in [4.69, 9.17) is 9.47 Å². The first kappa shape index (κ1) is 12.8. The molecule has 2 atom stereocenters. The minimum Gasteiger partial charge on any atom is -0.462 e. The zero-order chi connectivity index (χ0) is 12.1. The van der Waals surface area contributed by atoms with E-state index in [1.54, 1.807) is 0 Å². The number of carbonyl (C=O) groups is 1. The molecule has 1 saturated heterocycles. The Morgan fingerprint density at radius 3 is 2.53 bits per heavy atom. The zero-order valence-corrected chi connectivity index (χ0v) is 10.6. The molecular formula is C13H23NO3. The van der Waals surface area contributed by atoms with Crippen LogP contribution in [0.1, 0.15) is 38.5 Å². The van der Waals surface area contributed by atoms with Crippen LogP contribution in [0.15, 0.2) is 0 Å². The van der Waals surface area contributed by atoms with E-state index in [1.807, 2.05) is 7.05 Å². The van der Waals surface area contributed by atoms with Crippen LogP contribution in [0.25, 0.3) is 0 Å². The second-order valence-corrected chi connectivity index (χ2v) is 5.09. The molecule has 0 aromatic rings. The van der Waals surface area contributed by atoms with Gasteiger partial charge in [-0.2, -0.15) is 0 Å². The van der Waals surface area contributed by atoms with Crippen molar-refractivity contribution in [1.82, 2.24) is 5.32 Å². The van der Waals surface area contributed by atoms with Crippen LogP contribution in [0, 0.1) is 5.92 Å². The van der Waals surface area contributed by atoms with Crippen LogP contribution in [-0.2, 0) is 14.3 Å². The van der Waals surface area contributed by atoms with E-state index in [0.717, 1.165) is 12.8 Å². The van der Waals surface area contributed by atoms with Crippen LogP contribution >= 0.6 is 0 Å². The molecule has 0 aromatic carbocycles.